The number of rotatable bonds is 6. The quantitative estimate of drug-likeness (QED) is 0.826. The van der Waals surface area contributed by atoms with Gasteiger partial charge in [0.1, 0.15) is 5.82 Å². The van der Waals surface area contributed by atoms with Gasteiger partial charge in [-0.05, 0) is 36.8 Å². The molecule has 0 fully saturated rings. The molecule has 1 aromatic heterocycles. The summed E-state index contributed by atoms with van der Waals surface area (Å²) in [5.74, 6) is 0.538. The number of nitrogens with zero attached hydrogens (tertiary/aromatic N) is 2. The second-order valence-corrected chi connectivity index (χ2v) is 5.44. The maximum Gasteiger partial charge on any atom is 0.123 e. The van der Waals surface area contributed by atoms with Crippen LogP contribution in [0.3, 0.4) is 0 Å². The van der Waals surface area contributed by atoms with E-state index in [4.69, 9.17) is 5.73 Å². The van der Waals surface area contributed by atoms with E-state index in [0.717, 1.165) is 29.3 Å². The van der Waals surface area contributed by atoms with Gasteiger partial charge in [-0.3, -0.25) is 4.68 Å². The summed E-state index contributed by atoms with van der Waals surface area (Å²) in [5, 5.41) is 4.27. The fourth-order valence-corrected chi connectivity index (χ4v) is 2.73. The van der Waals surface area contributed by atoms with E-state index in [2.05, 4.69) is 12.0 Å². The molecule has 0 bridgehead atoms. The number of hydrogen-bond donors (Lipinski definition) is 1. The van der Waals surface area contributed by atoms with Crippen LogP contribution in [0.15, 0.2) is 41.4 Å². The molecule has 0 saturated heterocycles. The van der Waals surface area contributed by atoms with Gasteiger partial charge in [0.15, 0.2) is 0 Å². The molecule has 19 heavy (non-hydrogen) atoms. The van der Waals surface area contributed by atoms with Crippen LogP contribution in [0.5, 0.6) is 0 Å². The molecule has 0 amide bonds. The lowest BCUT2D eigenvalue weighted by Gasteiger charge is -2.13. The van der Waals surface area contributed by atoms with Crippen LogP contribution in [0.2, 0.25) is 0 Å². The molecule has 3 nitrogen and oxygen atoms in total. The molecule has 0 spiro atoms. The molecule has 2 N–H and O–H groups in total. The number of nitrogens with two attached hydrogens (primary N) is 1. The molecule has 0 aliphatic heterocycles. The summed E-state index contributed by atoms with van der Waals surface area (Å²) in [5.41, 5.74) is 7.24. The Labute approximate surface area is 117 Å². The SMILES string of the molecule is CCCn1nccc1C(N)CSc1ccc(F)cc1. The minimum atomic E-state index is -0.213. The summed E-state index contributed by atoms with van der Waals surface area (Å²) in [6.45, 7) is 3.00. The van der Waals surface area contributed by atoms with E-state index < -0.39 is 0 Å². The zero-order valence-corrected chi connectivity index (χ0v) is 11.7. The van der Waals surface area contributed by atoms with Crippen molar-refractivity contribution in [1.29, 1.82) is 0 Å². The summed E-state index contributed by atoms with van der Waals surface area (Å²) >= 11 is 1.63. The third-order valence-corrected chi connectivity index (χ3v) is 3.94. The van der Waals surface area contributed by atoms with E-state index in [1.165, 1.54) is 12.1 Å². The second-order valence-electron chi connectivity index (χ2n) is 4.35. The van der Waals surface area contributed by atoms with Crippen molar-refractivity contribution in [2.45, 2.75) is 30.8 Å². The van der Waals surface area contributed by atoms with Gasteiger partial charge >= 0.3 is 0 Å². The Morgan fingerprint density at radius 3 is 2.74 bits per heavy atom. The third kappa shape index (κ3) is 3.81. The molecule has 0 radical (unpaired) electrons. The Morgan fingerprint density at radius 2 is 2.05 bits per heavy atom. The number of thioether (sulfide) groups is 1. The van der Waals surface area contributed by atoms with Gasteiger partial charge in [0.2, 0.25) is 0 Å². The largest absolute Gasteiger partial charge is 0.322 e. The first-order chi connectivity index (χ1) is 9.20. The predicted octanol–water partition coefficient (Wildman–Crippen LogP) is 3.22. The van der Waals surface area contributed by atoms with Gasteiger partial charge in [0.05, 0.1) is 11.7 Å². The Balaban J connectivity index is 1.95. The first kappa shape index (κ1) is 14.1. The predicted molar refractivity (Wildman–Crippen MR) is 76.6 cm³/mol. The summed E-state index contributed by atoms with van der Waals surface area (Å²) < 4.78 is 14.8. The summed E-state index contributed by atoms with van der Waals surface area (Å²) in [4.78, 5) is 1.03. The van der Waals surface area contributed by atoms with Crippen LogP contribution < -0.4 is 5.73 Å². The average Bonchev–Trinajstić information content (AvgIpc) is 2.86. The number of halogens is 1. The smallest absolute Gasteiger partial charge is 0.123 e. The van der Waals surface area contributed by atoms with Crippen LogP contribution >= 0.6 is 11.8 Å². The van der Waals surface area contributed by atoms with Gasteiger partial charge < -0.3 is 5.73 Å². The molecular formula is C14H18FN3S. The number of aryl methyl sites for hydroxylation is 1. The van der Waals surface area contributed by atoms with Gasteiger partial charge in [0, 0.05) is 23.4 Å². The van der Waals surface area contributed by atoms with Crippen LogP contribution in [0.4, 0.5) is 4.39 Å². The van der Waals surface area contributed by atoms with Gasteiger partial charge in [-0.15, -0.1) is 11.8 Å². The van der Waals surface area contributed by atoms with E-state index in [0.29, 0.717) is 0 Å². The van der Waals surface area contributed by atoms with Crippen LogP contribution in [0, 0.1) is 5.82 Å². The molecule has 1 atom stereocenters. The van der Waals surface area contributed by atoms with Crippen molar-refractivity contribution < 1.29 is 4.39 Å². The average molecular weight is 279 g/mol. The fraction of sp³-hybridized carbons (Fsp3) is 0.357. The Morgan fingerprint density at radius 1 is 1.32 bits per heavy atom. The van der Waals surface area contributed by atoms with E-state index in [-0.39, 0.29) is 11.9 Å². The molecule has 102 valence electrons. The van der Waals surface area contributed by atoms with Crippen molar-refractivity contribution in [3.05, 3.63) is 48.0 Å². The van der Waals surface area contributed by atoms with Gasteiger partial charge in [-0.1, -0.05) is 6.92 Å². The van der Waals surface area contributed by atoms with Crippen LogP contribution in [-0.2, 0) is 6.54 Å². The number of hydrogen-bond acceptors (Lipinski definition) is 3. The number of aromatic nitrogens is 2. The molecule has 0 aliphatic carbocycles. The molecule has 0 saturated carbocycles. The van der Waals surface area contributed by atoms with Crippen LogP contribution in [0.1, 0.15) is 25.1 Å². The van der Waals surface area contributed by atoms with Crippen molar-refractivity contribution in [2.24, 2.45) is 5.73 Å². The monoisotopic (exact) mass is 279 g/mol. The summed E-state index contributed by atoms with van der Waals surface area (Å²) in [7, 11) is 0. The summed E-state index contributed by atoms with van der Waals surface area (Å²) in [6, 6.07) is 8.38. The standard InChI is InChI=1S/C14H18FN3S/c1-2-9-18-14(7-8-17-18)13(16)10-19-12-5-3-11(15)4-6-12/h3-8,13H,2,9-10,16H2,1H3. The Hall–Kier alpha value is -1.33. The molecule has 1 heterocycles. The molecule has 1 aromatic carbocycles. The first-order valence-corrected chi connectivity index (χ1v) is 7.35. The molecule has 2 rings (SSSR count). The van der Waals surface area contributed by atoms with Crippen molar-refractivity contribution in [3.63, 3.8) is 0 Å². The Bertz CT molecular complexity index is 510. The zero-order valence-electron chi connectivity index (χ0n) is 10.9. The number of benzene rings is 1. The highest BCUT2D eigenvalue weighted by Crippen LogP contribution is 2.23. The van der Waals surface area contributed by atoms with Crippen LogP contribution in [0.25, 0.3) is 0 Å². The lowest BCUT2D eigenvalue weighted by Crippen LogP contribution is -2.18. The summed E-state index contributed by atoms with van der Waals surface area (Å²) in [6.07, 6.45) is 2.82. The van der Waals surface area contributed by atoms with Gasteiger partial charge in [-0.25, -0.2) is 4.39 Å². The van der Waals surface area contributed by atoms with Gasteiger partial charge in [-0.2, -0.15) is 5.10 Å². The Kier molecular flexibility index (Phi) is 4.99. The van der Waals surface area contributed by atoms with E-state index in [1.54, 1.807) is 30.1 Å². The van der Waals surface area contributed by atoms with Crippen molar-refractivity contribution in [2.75, 3.05) is 5.75 Å². The maximum absolute atomic E-state index is 12.8. The zero-order chi connectivity index (χ0) is 13.7. The highest BCUT2D eigenvalue weighted by Gasteiger charge is 2.11. The highest BCUT2D eigenvalue weighted by atomic mass is 32.2. The highest BCUT2D eigenvalue weighted by molar-refractivity contribution is 7.99. The molecule has 5 heteroatoms. The topological polar surface area (TPSA) is 43.8 Å². The van der Waals surface area contributed by atoms with Crippen molar-refractivity contribution in [1.82, 2.24) is 9.78 Å². The first-order valence-electron chi connectivity index (χ1n) is 6.36. The van der Waals surface area contributed by atoms with Crippen LogP contribution in [-0.4, -0.2) is 15.5 Å². The van der Waals surface area contributed by atoms with Crippen molar-refractivity contribution in [3.8, 4) is 0 Å². The minimum absolute atomic E-state index is 0.0656. The fourth-order valence-electron chi connectivity index (χ4n) is 1.86. The van der Waals surface area contributed by atoms with Crippen molar-refractivity contribution >= 4 is 11.8 Å². The maximum atomic E-state index is 12.8. The normalized spacial score (nSPS) is 12.6. The molecule has 1 unspecified atom stereocenters. The second kappa shape index (κ2) is 6.73. The molecular weight excluding hydrogens is 261 g/mol. The third-order valence-electron chi connectivity index (χ3n) is 2.81. The molecule has 2 aromatic rings. The van der Waals surface area contributed by atoms with E-state index in [1.807, 2.05) is 10.7 Å². The van der Waals surface area contributed by atoms with E-state index >= 15 is 0 Å². The van der Waals surface area contributed by atoms with E-state index in [9.17, 15) is 4.39 Å². The molecule has 0 aliphatic rings. The lowest BCUT2D eigenvalue weighted by atomic mass is 10.2. The minimum Gasteiger partial charge on any atom is -0.322 e. The van der Waals surface area contributed by atoms with Gasteiger partial charge in [0.25, 0.3) is 0 Å². The lowest BCUT2D eigenvalue weighted by molar-refractivity contribution is 0.554.